The van der Waals surface area contributed by atoms with Gasteiger partial charge in [0, 0.05) is 0 Å². The number of hydrogen-bond donors (Lipinski definition) is 2. The Morgan fingerprint density at radius 2 is 2.00 bits per heavy atom. The van der Waals surface area contributed by atoms with Crippen molar-refractivity contribution in [3.05, 3.63) is 29.8 Å². The zero-order chi connectivity index (χ0) is 13.9. The minimum atomic E-state index is -0.598. The first-order chi connectivity index (χ1) is 9.01. The van der Waals surface area contributed by atoms with Crippen molar-refractivity contribution in [1.82, 2.24) is 5.32 Å². The Bertz CT molecular complexity index is 436. The van der Waals surface area contributed by atoms with Crippen LogP contribution >= 0.6 is 0 Å². The molecule has 0 spiro atoms. The van der Waals surface area contributed by atoms with Crippen molar-refractivity contribution in [2.75, 3.05) is 13.2 Å². The molecule has 0 bridgehead atoms. The van der Waals surface area contributed by atoms with E-state index in [0.717, 1.165) is 18.6 Å². The highest BCUT2D eigenvalue weighted by Crippen LogP contribution is 2.31. The van der Waals surface area contributed by atoms with Crippen LogP contribution in [0.3, 0.4) is 0 Å². The molecule has 1 aromatic rings. The summed E-state index contributed by atoms with van der Waals surface area (Å²) in [7, 11) is 0. The summed E-state index contributed by atoms with van der Waals surface area (Å²) in [6.45, 7) is 5.27. The Morgan fingerprint density at radius 1 is 1.37 bits per heavy atom. The summed E-state index contributed by atoms with van der Waals surface area (Å²) in [5.41, 5.74) is 6.47. The lowest BCUT2D eigenvalue weighted by molar-refractivity contribution is -0.123. The number of nitrogens with one attached hydrogen (secondary N) is 1. The number of rotatable bonds is 6. The van der Waals surface area contributed by atoms with Gasteiger partial charge in [0.15, 0.2) is 0 Å². The maximum atomic E-state index is 11.6. The second kappa shape index (κ2) is 5.61. The van der Waals surface area contributed by atoms with E-state index in [1.807, 2.05) is 12.1 Å². The van der Waals surface area contributed by atoms with Gasteiger partial charge in [0.1, 0.15) is 12.4 Å². The van der Waals surface area contributed by atoms with E-state index in [9.17, 15) is 4.79 Å². The Kier molecular flexibility index (Phi) is 4.10. The molecule has 1 amide bonds. The van der Waals surface area contributed by atoms with Crippen molar-refractivity contribution >= 4 is 5.91 Å². The maximum Gasteiger partial charge on any atom is 0.240 e. The summed E-state index contributed by atoms with van der Waals surface area (Å²) >= 11 is 0. The third kappa shape index (κ3) is 3.70. The van der Waals surface area contributed by atoms with Crippen LogP contribution in [0.5, 0.6) is 5.75 Å². The van der Waals surface area contributed by atoms with E-state index in [1.165, 1.54) is 5.56 Å². The first-order valence-corrected chi connectivity index (χ1v) is 6.81. The molecule has 4 nitrogen and oxygen atoms in total. The van der Waals surface area contributed by atoms with Gasteiger partial charge < -0.3 is 15.8 Å². The molecule has 1 aliphatic carbocycles. The lowest BCUT2D eigenvalue weighted by atomic mass is 10.0. The molecular formula is C15H22N2O2. The summed E-state index contributed by atoms with van der Waals surface area (Å²) in [4.78, 5) is 11.6. The highest BCUT2D eigenvalue weighted by atomic mass is 16.5. The molecule has 0 aromatic heterocycles. The van der Waals surface area contributed by atoms with Gasteiger partial charge in [-0.05, 0) is 36.5 Å². The number of amides is 1. The predicted octanol–water partition coefficient (Wildman–Crippen LogP) is 1.80. The van der Waals surface area contributed by atoms with Crippen LogP contribution < -0.4 is 15.8 Å². The minimum Gasteiger partial charge on any atom is -0.492 e. The average molecular weight is 262 g/mol. The quantitative estimate of drug-likeness (QED) is 0.768. The zero-order valence-corrected chi connectivity index (χ0v) is 11.6. The van der Waals surface area contributed by atoms with E-state index >= 15 is 0 Å². The van der Waals surface area contributed by atoms with Gasteiger partial charge >= 0.3 is 0 Å². The third-order valence-electron chi connectivity index (χ3n) is 3.44. The number of nitrogens with two attached hydrogens (primary N) is 1. The predicted molar refractivity (Wildman–Crippen MR) is 75.2 cm³/mol. The van der Waals surface area contributed by atoms with Crippen molar-refractivity contribution in [2.24, 2.45) is 5.73 Å². The summed E-state index contributed by atoms with van der Waals surface area (Å²) in [5.74, 6) is 1.28. The summed E-state index contributed by atoms with van der Waals surface area (Å²) < 4.78 is 5.57. The third-order valence-corrected chi connectivity index (χ3v) is 3.44. The highest BCUT2D eigenvalue weighted by molar-refractivity contribution is 5.88. The van der Waals surface area contributed by atoms with Gasteiger partial charge in [-0.1, -0.05) is 26.0 Å². The topological polar surface area (TPSA) is 64.3 Å². The van der Waals surface area contributed by atoms with Crippen molar-refractivity contribution in [3.63, 3.8) is 0 Å². The lowest BCUT2D eigenvalue weighted by Crippen LogP contribution is -2.44. The molecule has 4 heteroatoms. The molecule has 0 atom stereocenters. The van der Waals surface area contributed by atoms with Crippen molar-refractivity contribution < 1.29 is 9.53 Å². The van der Waals surface area contributed by atoms with E-state index in [0.29, 0.717) is 19.1 Å². The molecule has 1 aromatic carbocycles. The molecule has 2 rings (SSSR count). The minimum absolute atomic E-state index is 0.0637. The van der Waals surface area contributed by atoms with E-state index in [2.05, 4.69) is 31.3 Å². The Balaban J connectivity index is 1.69. The van der Waals surface area contributed by atoms with Gasteiger partial charge in [0.05, 0.1) is 12.1 Å². The molecule has 0 saturated heterocycles. The van der Waals surface area contributed by atoms with Crippen molar-refractivity contribution in [2.45, 2.75) is 38.1 Å². The number of ether oxygens (including phenoxy) is 1. The van der Waals surface area contributed by atoms with Crippen LogP contribution in [0, 0.1) is 0 Å². The number of carbonyl (C=O) groups is 1. The molecule has 0 heterocycles. The Hall–Kier alpha value is -1.55. The highest BCUT2D eigenvalue weighted by Gasteiger charge is 2.45. The van der Waals surface area contributed by atoms with Gasteiger partial charge in [-0.25, -0.2) is 0 Å². The normalized spacial score (nSPS) is 16.2. The van der Waals surface area contributed by atoms with E-state index in [1.54, 1.807) is 0 Å². The van der Waals surface area contributed by atoms with Crippen LogP contribution in [-0.2, 0) is 4.79 Å². The average Bonchev–Trinajstić information content (AvgIpc) is 3.14. The molecule has 1 aliphatic rings. The van der Waals surface area contributed by atoms with Gasteiger partial charge in [-0.3, -0.25) is 4.79 Å². The second-order valence-electron chi connectivity index (χ2n) is 5.48. The molecule has 3 N–H and O–H groups in total. The van der Waals surface area contributed by atoms with Crippen molar-refractivity contribution in [3.8, 4) is 5.75 Å². The van der Waals surface area contributed by atoms with Crippen LogP contribution in [0.4, 0.5) is 0 Å². The van der Waals surface area contributed by atoms with Gasteiger partial charge in [-0.15, -0.1) is 0 Å². The largest absolute Gasteiger partial charge is 0.492 e. The molecule has 1 fully saturated rings. The Morgan fingerprint density at radius 3 is 2.53 bits per heavy atom. The summed E-state index contributed by atoms with van der Waals surface area (Å²) in [5, 5.41) is 2.80. The summed E-state index contributed by atoms with van der Waals surface area (Å²) in [6.07, 6.45) is 1.58. The summed E-state index contributed by atoms with van der Waals surface area (Å²) in [6, 6.07) is 8.06. The molecule has 19 heavy (non-hydrogen) atoms. The zero-order valence-electron chi connectivity index (χ0n) is 11.6. The molecule has 1 saturated carbocycles. The van der Waals surface area contributed by atoms with Gasteiger partial charge in [-0.2, -0.15) is 0 Å². The van der Waals surface area contributed by atoms with E-state index in [4.69, 9.17) is 10.5 Å². The van der Waals surface area contributed by atoms with Gasteiger partial charge in [0.25, 0.3) is 0 Å². The van der Waals surface area contributed by atoms with Crippen LogP contribution in [0.1, 0.15) is 38.2 Å². The van der Waals surface area contributed by atoms with Crippen LogP contribution in [-0.4, -0.2) is 24.6 Å². The fourth-order valence-electron chi connectivity index (χ4n) is 1.82. The van der Waals surface area contributed by atoms with E-state index in [-0.39, 0.29) is 5.91 Å². The van der Waals surface area contributed by atoms with Crippen LogP contribution in [0.2, 0.25) is 0 Å². The molecular weight excluding hydrogens is 240 g/mol. The van der Waals surface area contributed by atoms with E-state index < -0.39 is 5.54 Å². The smallest absolute Gasteiger partial charge is 0.240 e. The molecule has 104 valence electrons. The van der Waals surface area contributed by atoms with Crippen LogP contribution in [0.15, 0.2) is 24.3 Å². The lowest BCUT2D eigenvalue weighted by Gasteiger charge is -2.11. The standard InChI is InChI=1S/C15H22N2O2/c1-11(2)12-3-5-13(6-4-12)19-10-9-17-14(18)15(16)7-8-15/h3-6,11H,7-10,16H2,1-2H3,(H,17,18). The molecule has 0 radical (unpaired) electrons. The SMILES string of the molecule is CC(C)c1ccc(OCCNC(=O)C2(N)CC2)cc1. The van der Waals surface area contributed by atoms with Gasteiger partial charge in [0.2, 0.25) is 5.91 Å². The number of hydrogen-bond acceptors (Lipinski definition) is 3. The van der Waals surface area contributed by atoms with Crippen LogP contribution in [0.25, 0.3) is 0 Å². The molecule has 0 aliphatic heterocycles. The fraction of sp³-hybridized carbons (Fsp3) is 0.533. The monoisotopic (exact) mass is 262 g/mol. The molecule has 0 unspecified atom stereocenters. The first-order valence-electron chi connectivity index (χ1n) is 6.81. The van der Waals surface area contributed by atoms with Crippen molar-refractivity contribution in [1.29, 1.82) is 0 Å². The number of benzene rings is 1. The second-order valence-corrected chi connectivity index (χ2v) is 5.48. The maximum absolute atomic E-state index is 11.6. The Labute approximate surface area is 114 Å². The number of carbonyl (C=O) groups excluding carboxylic acids is 1. The fourth-order valence-corrected chi connectivity index (χ4v) is 1.82. The first kappa shape index (κ1) is 13.9.